The van der Waals surface area contributed by atoms with Crippen molar-refractivity contribution in [1.29, 1.82) is 0 Å². The average molecular weight is 624 g/mol. The molecule has 7 rings (SSSR count). The first-order valence-corrected chi connectivity index (χ1v) is 15.7. The first-order valence-electron chi connectivity index (χ1n) is 15.7. The molecule has 238 valence electrons. The molecule has 2 fully saturated rings. The van der Waals surface area contributed by atoms with Gasteiger partial charge in [-0.3, -0.25) is 24.2 Å². The number of ketones is 2. The molecule has 0 aromatic heterocycles. The Labute approximate surface area is 266 Å². The van der Waals surface area contributed by atoms with E-state index in [1.165, 1.54) is 29.4 Å². The summed E-state index contributed by atoms with van der Waals surface area (Å²) in [4.78, 5) is 43.8. The molecule has 0 spiro atoms. The number of likely N-dealkylation sites (tertiary alicyclic amines) is 1. The summed E-state index contributed by atoms with van der Waals surface area (Å²) in [6.45, 7) is 2.99. The number of primary amides is 1. The molecule has 4 atom stereocenters. The van der Waals surface area contributed by atoms with E-state index in [1.54, 1.807) is 14.1 Å². The number of rotatable bonds is 5. The summed E-state index contributed by atoms with van der Waals surface area (Å²) in [5, 5.41) is 47.9. The number of nitrogens with two attached hydrogens (primary N) is 1. The van der Waals surface area contributed by atoms with Gasteiger partial charge in [0.05, 0.1) is 11.6 Å². The van der Waals surface area contributed by atoms with E-state index in [4.69, 9.17) is 5.73 Å². The first-order chi connectivity index (χ1) is 21.9. The number of Topliss-reactive ketones (excluding diaryl/α,β-unsaturated/α-hetero) is 2. The van der Waals surface area contributed by atoms with Gasteiger partial charge in [0.2, 0.25) is 5.78 Å². The Kier molecular flexibility index (Phi) is 7.08. The summed E-state index contributed by atoms with van der Waals surface area (Å²) in [6, 6.07) is 14.5. The summed E-state index contributed by atoms with van der Waals surface area (Å²) < 4.78 is 0. The van der Waals surface area contributed by atoms with Gasteiger partial charge in [-0.1, -0.05) is 42.5 Å². The lowest BCUT2D eigenvalue weighted by Gasteiger charge is -2.50. The van der Waals surface area contributed by atoms with Crippen LogP contribution in [-0.2, 0) is 27.3 Å². The molecule has 6 N–H and O–H groups in total. The van der Waals surface area contributed by atoms with Crippen LogP contribution in [0.15, 0.2) is 65.4 Å². The lowest BCUT2D eigenvalue weighted by molar-refractivity contribution is -0.153. The highest BCUT2D eigenvalue weighted by Crippen LogP contribution is 2.54. The van der Waals surface area contributed by atoms with E-state index in [1.807, 2.05) is 18.2 Å². The molecule has 3 aromatic carbocycles. The van der Waals surface area contributed by atoms with Crippen molar-refractivity contribution < 1.29 is 34.8 Å². The van der Waals surface area contributed by atoms with Crippen LogP contribution in [-0.4, -0.2) is 86.5 Å². The van der Waals surface area contributed by atoms with E-state index >= 15 is 0 Å². The lowest BCUT2D eigenvalue weighted by Crippen LogP contribution is -2.65. The van der Waals surface area contributed by atoms with Crippen molar-refractivity contribution in [3.05, 3.63) is 82.1 Å². The number of aliphatic hydroxyl groups excluding tert-OH is 2. The third-order valence-electron chi connectivity index (χ3n) is 10.5. The van der Waals surface area contributed by atoms with Crippen LogP contribution in [0, 0.1) is 11.8 Å². The van der Waals surface area contributed by atoms with E-state index in [-0.39, 0.29) is 29.7 Å². The fraction of sp³-hybridized carbons (Fsp3) is 0.361. The smallest absolute Gasteiger partial charge is 0.255 e. The molecule has 10 nitrogen and oxygen atoms in total. The summed E-state index contributed by atoms with van der Waals surface area (Å²) in [7, 11) is 3.17. The second kappa shape index (κ2) is 10.8. The third-order valence-corrected chi connectivity index (χ3v) is 10.5. The predicted octanol–water partition coefficient (Wildman–Crippen LogP) is 3.38. The number of phenolic OH excluding ortho intramolecular Hbond substituents is 1. The van der Waals surface area contributed by atoms with Gasteiger partial charge in [-0.2, -0.15) is 0 Å². The van der Waals surface area contributed by atoms with Crippen LogP contribution >= 0.6 is 0 Å². The van der Waals surface area contributed by atoms with Crippen molar-refractivity contribution in [1.82, 2.24) is 9.80 Å². The van der Waals surface area contributed by atoms with Crippen LogP contribution in [0.4, 0.5) is 0 Å². The number of benzene rings is 3. The zero-order valence-corrected chi connectivity index (χ0v) is 25.8. The SMILES string of the molecule is CN(C)C1C(=O)C(C(N)=O)=C(O)[C@@]2(O)C(=O)C3=C(O)c4c(O)ccc(-c5ccc(CN6CCCC6)c6ccccc56)c4C[C@H]3C[C@@H]12. The Balaban J connectivity index is 1.39. The van der Waals surface area contributed by atoms with Crippen LogP contribution in [0.3, 0.4) is 0 Å². The monoisotopic (exact) mass is 623 g/mol. The number of hydrogen-bond acceptors (Lipinski definition) is 9. The fourth-order valence-electron chi connectivity index (χ4n) is 8.41. The number of fused-ring (bicyclic) bond motifs is 4. The number of likely N-dealkylation sites (N-methyl/N-ethyl adjacent to an activating group) is 1. The molecule has 4 aliphatic rings. The highest BCUT2D eigenvalue weighted by molar-refractivity contribution is 6.24. The molecule has 1 saturated carbocycles. The molecule has 0 radical (unpaired) electrons. The highest BCUT2D eigenvalue weighted by atomic mass is 16.3. The van der Waals surface area contributed by atoms with E-state index in [9.17, 15) is 34.8 Å². The minimum Gasteiger partial charge on any atom is -0.508 e. The quantitative estimate of drug-likeness (QED) is 0.268. The Bertz CT molecular complexity index is 1900. The molecule has 3 aromatic rings. The minimum atomic E-state index is -2.67. The van der Waals surface area contributed by atoms with Gasteiger partial charge in [0.15, 0.2) is 11.4 Å². The third kappa shape index (κ3) is 4.24. The van der Waals surface area contributed by atoms with Gasteiger partial charge in [0, 0.05) is 18.0 Å². The second-order valence-corrected chi connectivity index (χ2v) is 13.2. The Morgan fingerprint density at radius 3 is 2.33 bits per heavy atom. The molecule has 1 unspecified atom stereocenters. The van der Waals surface area contributed by atoms with Gasteiger partial charge < -0.3 is 26.2 Å². The Hall–Kier alpha value is -4.51. The van der Waals surface area contributed by atoms with Gasteiger partial charge >= 0.3 is 0 Å². The summed E-state index contributed by atoms with van der Waals surface area (Å²) >= 11 is 0. The van der Waals surface area contributed by atoms with E-state index in [0.29, 0.717) is 5.56 Å². The molecule has 0 bridgehead atoms. The molecular formula is C36H37N3O7. The lowest BCUT2D eigenvalue weighted by atomic mass is 9.57. The fourth-order valence-corrected chi connectivity index (χ4v) is 8.41. The topological polar surface area (TPSA) is 165 Å². The number of carbonyl (C=O) groups excluding carboxylic acids is 3. The number of nitrogens with zero attached hydrogens (tertiary/aromatic N) is 2. The van der Waals surface area contributed by atoms with Crippen LogP contribution in [0.25, 0.3) is 27.7 Å². The largest absolute Gasteiger partial charge is 0.508 e. The van der Waals surface area contributed by atoms with Crippen molar-refractivity contribution in [2.45, 2.75) is 43.9 Å². The molecule has 10 heteroatoms. The maximum Gasteiger partial charge on any atom is 0.255 e. The molecular weight excluding hydrogens is 586 g/mol. The number of aromatic hydroxyl groups is 1. The molecule has 1 aliphatic heterocycles. The Morgan fingerprint density at radius 1 is 0.978 bits per heavy atom. The van der Waals surface area contributed by atoms with Gasteiger partial charge in [0.25, 0.3) is 5.91 Å². The maximum absolute atomic E-state index is 14.2. The Morgan fingerprint density at radius 2 is 1.65 bits per heavy atom. The van der Waals surface area contributed by atoms with Crippen LogP contribution in [0.1, 0.15) is 36.0 Å². The van der Waals surface area contributed by atoms with E-state index in [2.05, 4.69) is 29.2 Å². The van der Waals surface area contributed by atoms with Crippen LogP contribution in [0.5, 0.6) is 5.75 Å². The number of amides is 1. The van der Waals surface area contributed by atoms with Crippen molar-refractivity contribution in [2.24, 2.45) is 17.6 Å². The van der Waals surface area contributed by atoms with Gasteiger partial charge in [-0.25, -0.2) is 0 Å². The molecule has 46 heavy (non-hydrogen) atoms. The van der Waals surface area contributed by atoms with Crippen LogP contribution < -0.4 is 5.73 Å². The number of aliphatic hydroxyl groups is 3. The zero-order valence-electron chi connectivity index (χ0n) is 25.8. The predicted molar refractivity (Wildman–Crippen MR) is 172 cm³/mol. The first kappa shape index (κ1) is 30.2. The number of phenols is 1. The zero-order chi connectivity index (χ0) is 32.7. The van der Waals surface area contributed by atoms with Gasteiger partial charge in [0.1, 0.15) is 22.8 Å². The maximum atomic E-state index is 14.2. The summed E-state index contributed by atoms with van der Waals surface area (Å²) in [5.74, 6) is -6.65. The minimum absolute atomic E-state index is 0.0381. The molecule has 1 amide bonds. The van der Waals surface area contributed by atoms with Gasteiger partial charge in [-0.15, -0.1) is 0 Å². The highest BCUT2D eigenvalue weighted by Gasteiger charge is 2.64. The molecule has 1 saturated heterocycles. The van der Waals surface area contributed by atoms with Crippen molar-refractivity contribution >= 4 is 34.0 Å². The standard InChI is InChI=1S/C36H37N3O7/c1-38(2)30-25-16-19-15-24-23(22-10-9-18(17-39-13-5-6-14-39)20-7-3-4-8-21(20)22)11-12-26(40)28(24)31(41)27(19)33(43)36(25,46)34(44)29(32(30)42)35(37)45/h3-4,7-12,19,25,30,40-41,44,46H,5-6,13-17H2,1-2H3,(H2,37,45)/t19-,25-,30?,36-/m0/s1. The molecule has 1 heterocycles. The summed E-state index contributed by atoms with van der Waals surface area (Å²) in [5.41, 5.74) is 5.42. The van der Waals surface area contributed by atoms with E-state index < -0.39 is 58.0 Å². The van der Waals surface area contributed by atoms with Gasteiger partial charge in [-0.05, 0) is 97.9 Å². The second-order valence-electron chi connectivity index (χ2n) is 13.2. The summed E-state index contributed by atoms with van der Waals surface area (Å²) in [6.07, 6.45) is 2.66. The normalized spacial score (nSPS) is 26.5. The average Bonchev–Trinajstić information content (AvgIpc) is 3.52. The number of hydrogen-bond donors (Lipinski definition) is 5. The van der Waals surface area contributed by atoms with Crippen LogP contribution in [0.2, 0.25) is 0 Å². The molecule has 3 aliphatic carbocycles. The number of carbonyl (C=O) groups is 3. The van der Waals surface area contributed by atoms with Crippen molar-refractivity contribution in [3.63, 3.8) is 0 Å². The van der Waals surface area contributed by atoms with Crippen molar-refractivity contribution in [2.75, 3.05) is 27.2 Å². The van der Waals surface area contributed by atoms with E-state index in [0.717, 1.165) is 41.5 Å². The van der Waals surface area contributed by atoms with Crippen molar-refractivity contribution in [3.8, 4) is 16.9 Å².